The van der Waals surface area contributed by atoms with Crippen molar-refractivity contribution in [3.8, 4) is 5.75 Å². The van der Waals surface area contributed by atoms with Crippen LogP contribution < -0.4 is 15.0 Å². The van der Waals surface area contributed by atoms with E-state index in [-0.39, 0.29) is 17.4 Å². The number of amides is 1. The standard InChI is InChI=1S/C19H22F3N3O4S/c1-3-8-24(2)17(28)12-9-13(26)16(27)14-15(12)25(18(30)23-14)10-4-6-11(7-5-10)29-19(20,21)22/h3-7,12-16,26-27H,1,8-9H2,2H3,(H,23,30)/t12-,13+,14-,15+,16-/m0/s1. The minimum Gasteiger partial charge on any atom is -0.406 e. The number of thiocarbonyl (C=S) groups is 1. The summed E-state index contributed by atoms with van der Waals surface area (Å²) in [5.41, 5.74) is 0.433. The van der Waals surface area contributed by atoms with Crippen LogP contribution in [0.5, 0.6) is 5.75 Å². The van der Waals surface area contributed by atoms with E-state index in [1.54, 1.807) is 18.0 Å². The lowest BCUT2D eigenvalue weighted by Gasteiger charge is -2.42. The normalized spacial score (nSPS) is 28.5. The number of carbonyl (C=O) groups is 1. The quantitative estimate of drug-likeness (QED) is 0.467. The number of alkyl halides is 3. The van der Waals surface area contributed by atoms with Crippen LogP contribution in [0, 0.1) is 5.92 Å². The first-order chi connectivity index (χ1) is 14.0. The molecule has 0 unspecified atom stereocenters. The van der Waals surface area contributed by atoms with Crippen molar-refractivity contribution in [1.82, 2.24) is 10.2 Å². The predicted octanol–water partition coefficient (Wildman–Crippen LogP) is 1.40. The van der Waals surface area contributed by atoms with E-state index >= 15 is 0 Å². The van der Waals surface area contributed by atoms with Gasteiger partial charge in [-0.25, -0.2) is 0 Å². The first-order valence-corrected chi connectivity index (χ1v) is 9.62. The highest BCUT2D eigenvalue weighted by Gasteiger charge is 2.54. The van der Waals surface area contributed by atoms with Crippen molar-refractivity contribution in [3.05, 3.63) is 36.9 Å². The highest BCUT2D eigenvalue weighted by Crippen LogP contribution is 2.38. The number of ether oxygens (including phenoxy) is 1. The Kier molecular flexibility index (Phi) is 6.25. The van der Waals surface area contributed by atoms with Gasteiger partial charge in [0, 0.05) is 19.3 Å². The molecule has 2 aliphatic rings. The van der Waals surface area contributed by atoms with Gasteiger partial charge in [-0.05, 0) is 42.9 Å². The average molecular weight is 445 g/mol. The van der Waals surface area contributed by atoms with Crippen molar-refractivity contribution in [2.75, 3.05) is 18.5 Å². The summed E-state index contributed by atoms with van der Waals surface area (Å²) in [6, 6.07) is 3.72. The first-order valence-electron chi connectivity index (χ1n) is 9.21. The van der Waals surface area contributed by atoms with Crippen molar-refractivity contribution in [3.63, 3.8) is 0 Å². The topological polar surface area (TPSA) is 85.3 Å². The van der Waals surface area contributed by atoms with Crippen LogP contribution in [-0.4, -0.2) is 70.4 Å². The summed E-state index contributed by atoms with van der Waals surface area (Å²) in [4.78, 5) is 16.1. The number of anilines is 1. The van der Waals surface area contributed by atoms with E-state index in [9.17, 15) is 28.2 Å². The molecule has 2 fully saturated rings. The summed E-state index contributed by atoms with van der Waals surface area (Å²) in [5, 5.41) is 23.9. The van der Waals surface area contributed by atoms with Crippen LogP contribution in [0.1, 0.15) is 6.42 Å². The number of aliphatic hydroxyl groups excluding tert-OH is 2. The Morgan fingerprint density at radius 1 is 1.40 bits per heavy atom. The molecular weight excluding hydrogens is 423 g/mol. The molecule has 1 aromatic rings. The highest BCUT2D eigenvalue weighted by molar-refractivity contribution is 7.80. The van der Waals surface area contributed by atoms with E-state index in [1.807, 2.05) is 0 Å². The Morgan fingerprint density at radius 2 is 2.03 bits per heavy atom. The Morgan fingerprint density at radius 3 is 2.60 bits per heavy atom. The molecule has 0 bridgehead atoms. The number of hydrogen-bond acceptors (Lipinski definition) is 5. The predicted molar refractivity (Wildman–Crippen MR) is 107 cm³/mol. The van der Waals surface area contributed by atoms with Crippen LogP contribution in [0.15, 0.2) is 36.9 Å². The second-order valence-corrected chi connectivity index (χ2v) is 7.67. The van der Waals surface area contributed by atoms with Crippen LogP contribution in [0.4, 0.5) is 18.9 Å². The maximum absolute atomic E-state index is 13.0. The van der Waals surface area contributed by atoms with Gasteiger partial charge >= 0.3 is 6.36 Å². The number of fused-ring (bicyclic) bond motifs is 1. The molecule has 0 aromatic heterocycles. The molecule has 1 saturated heterocycles. The summed E-state index contributed by atoms with van der Waals surface area (Å²) in [7, 11) is 1.60. The molecule has 0 spiro atoms. The molecule has 164 valence electrons. The van der Waals surface area contributed by atoms with Gasteiger partial charge in [0.05, 0.1) is 24.1 Å². The lowest BCUT2D eigenvalue weighted by atomic mass is 9.77. The number of rotatable bonds is 5. The molecule has 1 heterocycles. The molecule has 11 heteroatoms. The maximum atomic E-state index is 13.0. The Bertz CT molecular complexity index is 820. The third kappa shape index (κ3) is 4.37. The van der Waals surface area contributed by atoms with Gasteiger partial charge in [-0.3, -0.25) is 4.79 Å². The fraction of sp³-hybridized carbons (Fsp3) is 0.474. The molecule has 7 nitrogen and oxygen atoms in total. The monoisotopic (exact) mass is 445 g/mol. The first kappa shape index (κ1) is 22.3. The second kappa shape index (κ2) is 8.40. The average Bonchev–Trinajstić information content (AvgIpc) is 3.01. The summed E-state index contributed by atoms with van der Waals surface area (Å²) in [6.45, 7) is 3.91. The number of nitrogens with zero attached hydrogens (tertiary/aromatic N) is 2. The van der Waals surface area contributed by atoms with Crippen molar-refractivity contribution in [2.45, 2.75) is 37.1 Å². The number of likely N-dealkylation sites (N-methyl/N-ethyl adjacent to an activating group) is 1. The number of hydrogen-bond donors (Lipinski definition) is 3. The van der Waals surface area contributed by atoms with E-state index in [0.717, 1.165) is 12.1 Å². The summed E-state index contributed by atoms with van der Waals surface area (Å²) in [6.07, 6.45) is -5.53. The molecule has 1 aliphatic carbocycles. The smallest absolute Gasteiger partial charge is 0.406 e. The van der Waals surface area contributed by atoms with E-state index in [2.05, 4.69) is 16.6 Å². The molecule has 3 rings (SSSR count). The summed E-state index contributed by atoms with van der Waals surface area (Å²) in [5.74, 6) is -1.36. The van der Waals surface area contributed by atoms with Gasteiger partial charge in [0.15, 0.2) is 5.11 Å². The van der Waals surface area contributed by atoms with E-state index in [1.165, 1.54) is 17.0 Å². The zero-order valence-electron chi connectivity index (χ0n) is 16.0. The van der Waals surface area contributed by atoms with Gasteiger partial charge in [-0.2, -0.15) is 0 Å². The molecule has 1 saturated carbocycles. The van der Waals surface area contributed by atoms with Gasteiger partial charge in [0.1, 0.15) is 11.9 Å². The van der Waals surface area contributed by atoms with Crippen molar-refractivity contribution in [1.29, 1.82) is 0 Å². The molecular formula is C19H22F3N3O4S. The van der Waals surface area contributed by atoms with Crippen molar-refractivity contribution < 1.29 is 32.9 Å². The van der Waals surface area contributed by atoms with Crippen LogP contribution in [-0.2, 0) is 4.79 Å². The Balaban J connectivity index is 1.93. The lowest BCUT2D eigenvalue weighted by molar-refractivity contribution is -0.274. The fourth-order valence-corrected chi connectivity index (χ4v) is 4.36. The van der Waals surface area contributed by atoms with Crippen LogP contribution in [0.3, 0.4) is 0 Å². The SMILES string of the molecule is C=CCN(C)C(=O)[C@H]1C[C@@H](O)[C@H](O)[C@H]2NC(=S)N(c3ccc(OC(F)(F)F)cc3)[C@@H]21. The molecule has 1 amide bonds. The van der Waals surface area contributed by atoms with E-state index in [4.69, 9.17) is 12.2 Å². The molecule has 3 N–H and O–H groups in total. The van der Waals surface area contributed by atoms with E-state index in [0.29, 0.717) is 12.2 Å². The molecule has 1 aromatic carbocycles. The zero-order chi connectivity index (χ0) is 22.2. The van der Waals surface area contributed by atoms with Gasteiger partial charge < -0.3 is 30.1 Å². The number of nitrogens with one attached hydrogen (secondary N) is 1. The number of aliphatic hydroxyl groups is 2. The minimum atomic E-state index is -4.81. The number of benzene rings is 1. The van der Waals surface area contributed by atoms with Crippen molar-refractivity contribution >= 4 is 28.9 Å². The van der Waals surface area contributed by atoms with Crippen LogP contribution in [0.25, 0.3) is 0 Å². The molecule has 0 radical (unpaired) electrons. The second-order valence-electron chi connectivity index (χ2n) is 7.29. The molecule has 30 heavy (non-hydrogen) atoms. The van der Waals surface area contributed by atoms with Crippen LogP contribution in [0.2, 0.25) is 0 Å². The third-order valence-electron chi connectivity index (χ3n) is 5.29. The number of carbonyl (C=O) groups excluding carboxylic acids is 1. The van der Waals surface area contributed by atoms with Gasteiger partial charge in [0.25, 0.3) is 0 Å². The van der Waals surface area contributed by atoms with Gasteiger partial charge in [-0.1, -0.05) is 6.08 Å². The summed E-state index contributed by atoms with van der Waals surface area (Å²) < 4.78 is 41.2. The Hall–Kier alpha value is -2.37. The largest absolute Gasteiger partial charge is 0.573 e. The Labute approximate surface area is 176 Å². The van der Waals surface area contributed by atoms with Gasteiger partial charge in [-0.15, -0.1) is 19.8 Å². The molecule has 1 aliphatic heterocycles. The minimum absolute atomic E-state index is 0.0126. The van der Waals surface area contributed by atoms with Crippen molar-refractivity contribution in [2.24, 2.45) is 5.92 Å². The zero-order valence-corrected chi connectivity index (χ0v) is 16.9. The third-order valence-corrected chi connectivity index (χ3v) is 5.60. The van der Waals surface area contributed by atoms with E-state index < -0.39 is 42.3 Å². The number of halogens is 3. The molecule has 5 atom stereocenters. The lowest BCUT2D eigenvalue weighted by Crippen LogP contribution is -2.61. The fourth-order valence-electron chi connectivity index (χ4n) is 4.00. The van der Waals surface area contributed by atoms with Crippen LogP contribution >= 0.6 is 12.2 Å². The highest BCUT2D eigenvalue weighted by atomic mass is 32.1. The summed E-state index contributed by atoms with van der Waals surface area (Å²) >= 11 is 5.38. The van der Waals surface area contributed by atoms with Gasteiger partial charge in [0.2, 0.25) is 5.91 Å². The maximum Gasteiger partial charge on any atom is 0.573 e.